The SMILES string of the molecule is COC1(CNc2nc(C)cs2)CCOC1. The lowest BCUT2D eigenvalue weighted by atomic mass is 10.0. The molecule has 1 unspecified atom stereocenters. The van der Waals surface area contributed by atoms with Gasteiger partial charge in [-0.05, 0) is 6.92 Å². The second kappa shape index (κ2) is 4.47. The first-order valence-corrected chi connectivity index (χ1v) is 5.91. The van der Waals surface area contributed by atoms with Crippen molar-refractivity contribution in [2.24, 2.45) is 0 Å². The number of methoxy groups -OCH3 is 1. The minimum absolute atomic E-state index is 0.167. The molecule has 1 aromatic rings. The predicted molar refractivity (Wildman–Crippen MR) is 60.5 cm³/mol. The Morgan fingerprint density at radius 2 is 2.60 bits per heavy atom. The second-order valence-electron chi connectivity index (χ2n) is 3.84. The fourth-order valence-corrected chi connectivity index (χ4v) is 2.32. The van der Waals surface area contributed by atoms with Gasteiger partial charge in [0.15, 0.2) is 5.13 Å². The van der Waals surface area contributed by atoms with Crippen LogP contribution in [0.15, 0.2) is 5.38 Å². The summed E-state index contributed by atoms with van der Waals surface area (Å²) in [6.07, 6.45) is 0.945. The maximum Gasteiger partial charge on any atom is 0.182 e. The topological polar surface area (TPSA) is 43.4 Å². The normalized spacial score (nSPS) is 25.7. The monoisotopic (exact) mass is 228 g/mol. The van der Waals surface area contributed by atoms with E-state index < -0.39 is 0 Å². The molecule has 1 aromatic heterocycles. The first-order valence-electron chi connectivity index (χ1n) is 5.03. The molecule has 0 radical (unpaired) electrons. The third-order valence-corrected chi connectivity index (χ3v) is 3.60. The zero-order valence-electron chi connectivity index (χ0n) is 9.08. The summed E-state index contributed by atoms with van der Waals surface area (Å²) in [6.45, 7) is 4.20. The molecule has 0 spiro atoms. The molecular weight excluding hydrogens is 212 g/mol. The summed E-state index contributed by atoms with van der Waals surface area (Å²) in [6, 6.07) is 0. The minimum Gasteiger partial charge on any atom is -0.378 e. The Kier molecular flexibility index (Phi) is 3.23. The van der Waals surface area contributed by atoms with E-state index in [0.29, 0.717) is 6.61 Å². The number of thiazole rings is 1. The molecule has 84 valence electrons. The van der Waals surface area contributed by atoms with E-state index in [2.05, 4.69) is 10.3 Å². The van der Waals surface area contributed by atoms with E-state index in [4.69, 9.17) is 9.47 Å². The molecule has 0 bridgehead atoms. The number of nitrogens with zero attached hydrogens (tertiary/aromatic N) is 1. The van der Waals surface area contributed by atoms with Gasteiger partial charge in [-0.3, -0.25) is 0 Å². The standard InChI is InChI=1S/C10H16N2O2S/c1-8-5-15-9(12-8)11-6-10(13-2)3-4-14-7-10/h5H,3-4,6-7H2,1-2H3,(H,11,12). The van der Waals surface area contributed by atoms with Crippen LogP contribution >= 0.6 is 11.3 Å². The van der Waals surface area contributed by atoms with Crippen LogP contribution in [-0.4, -0.2) is 37.5 Å². The lowest BCUT2D eigenvalue weighted by Gasteiger charge is -2.25. The van der Waals surface area contributed by atoms with Gasteiger partial charge in [0.05, 0.1) is 12.3 Å². The fraction of sp³-hybridized carbons (Fsp3) is 0.700. The Balaban J connectivity index is 1.91. The van der Waals surface area contributed by atoms with Crippen LogP contribution in [0.25, 0.3) is 0 Å². The number of aryl methyl sites for hydroxylation is 1. The third kappa shape index (κ3) is 2.48. The molecule has 0 amide bonds. The molecule has 1 atom stereocenters. The molecule has 15 heavy (non-hydrogen) atoms. The van der Waals surface area contributed by atoms with E-state index in [1.807, 2.05) is 12.3 Å². The Morgan fingerprint density at radius 1 is 1.73 bits per heavy atom. The number of aromatic nitrogens is 1. The zero-order valence-corrected chi connectivity index (χ0v) is 9.89. The highest BCUT2D eigenvalue weighted by atomic mass is 32.1. The van der Waals surface area contributed by atoms with Crippen molar-refractivity contribution >= 4 is 16.5 Å². The van der Waals surface area contributed by atoms with Crippen LogP contribution in [0.4, 0.5) is 5.13 Å². The maximum absolute atomic E-state index is 5.52. The molecule has 4 nitrogen and oxygen atoms in total. The van der Waals surface area contributed by atoms with Crippen LogP contribution in [-0.2, 0) is 9.47 Å². The van der Waals surface area contributed by atoms with E-state index in [1.165, 1.54) is 0 Å². The average molecular weight is 228 g/mol. The molecule has 0 aliphatic carbocycles. The maximum atomic E-state index is 5.52. The van der Waals surface area contributed by atoms with Crippen molar-refractivity contribution < 1.29 is 9.47 Å². The molecule has 1 fully saturated rings. The third-order valence-electron chi connectivity index (χ3n) is 2.68. The van der Waals surface area contributed by atoms with Crippen LogP contribution < -0.4 is 5.32 Å². The van der Waals surface area contributed by atoms with Crippen molar-refractivity contribution in [1.82, 2.24) is 4.98 Å². The second-order valence-corrected chi connectivity index (χ2v) is 4.70. The Hall–Kier alpha value is -0.650. The van der Waals surface area contributed by atoms with E-state index in [-0.39, 0.29) is 5.60 Å². The van der Waals surface area contributed by atoms with E-state index in [0.717, 1.165) is 30.4 Å². The van der Waals surface area contributed by atoms with E-state index in [9.17, 15) is 0 Å². The molecule has 1 aliphatic rings. The number of hydrogen-bond donors (Lipinski definition) is 1. The molecule has 2 heterocycles. The van der Waals surface area contributed by atoms with Crippen molar-refractivity contribution in [3.8, 4) is 0 Å². The van der Waals surface area contributed by atoms with Gasteiger partial charge in [-0.15, -0.1) is 11.3 Å². The smallest absolute Gasteiger partial charge is 0.182 e. The summed E-state index contributed by atoms with van der Waals surface area (Å²) < 4.78 is 10.9. The van der Waals surface area contributed by atoms with Gasteiger partial charge in [0, 0.05) is 32.1 Å². The van der Waals surface area contributed by atoms with Crippen LogP contribution in [0.1, 0.15) is 12.1 Å². The van der Waals surface area contributed by atoms with Crippen molar-refractivity contribution in [3.05, 3.63) is 11.1 Å². The van der Waals surface area contributed by atoms with Gasteiger partial charge >= 0.3 is 0 Å². The summed E-state index contributed by atoms with van der Waals surface area (Å²) >= 11 is 1.62. The lowest BCUT2D eigenvalue weighted by molar-refractivity contribution is -0.00620. The Morgan fingerprint density at radius 3 is 3.13 bits per heavy atom. The summed E-state index contributed by atoms with van der Waals surface area (Å²) in [7, 11) is 1.74. The van der Waals surface area contributed by atoms with Gasteiger partial charge in [-0.1, -0.05) is 0 Å². The molecule has 5 heteroatoms. The van der Waals surface area contributed by atoms with E-state index in [1.54, 1.807) is 18.4 Å². The van der Waals surface area contributed by atoms with Gasteiger partial charge < -0.3 is 14.8 Å². The molecule has 1 N–H and O–H groups in total. The van der Waals surface area contributed by atoms with Crippen molar-refractivity contribution in [1.29, 1.82) is 0 Å². The average Bonchev–Trinajstić information content (AvgIpc) is 2.85. The lowest BCUT2D eigenvalue weighted by Crippen LogP contribution is -2.39. The summed E-state index contributed by atoms with van der Waals surface area (Å²) in [4.78, 5) is 4.35. The highest BCUT2D eigenvalue weighted by molar-refractivity contribution is 7.13. The zero-order chi connectivity index (χ0) is 10.7. The molecular formula is C10H16N2O2S. The fourth-order valence-electron chi connectivity index (χ4n) is 1.63. The molecule has 1 aliphatic heterocycles. The first-order chi connectivity index (χ1) is 7.24. The summed E-state index contributed by atoms with van der Waals surface area (Å²) in [5.41, 5.74) is 0.885. The van der Waals surface area contributed by atoms with Crippen molar-refractivity contribution in [3.63, 3.8) is 0 Å². The van der Waals surface area contributed by atoms with Gasteiger partial charge in [-0.2, -0.15) is 0 Å². The predicted octanol–water partition coefficient (Wildman–Crippen LogP) is 1.67. The quantitative estimate of drug-likeness (QED) is 0.851. The molecule has 2 rings (SSSR count). The largest absolute Gasteiger partial charge is 0.378 e. The molecule has 1 saturated heterocycles. The van der Waals surface area contributed by atoms with Crippen LogP contribution in [0.3, 0.4) is 0 Å². The minimum atomic E-state index is -0.167. The Labute approximate surface area is 93.6 Å². The van der Waals surface area contributed by atoms with E-state index >= 15 is 0 Å². The van der Waals surface area contributed by atoms with Gasteiger partial charge in [0.25, 0.3) is 0 Å². The summed E-state index contributed by atoms with van der Waals surface area (Å²) in [5, 5.41) is 6.29. The number of anilines is 1. The number of rotatable bonds is 4. The summed E-state index contributed by atoms with van der Waals surface area (Å²) in [5.74, 6) is 0. The van der Waals surface area contributed by atoms with Gasteiger partial charge in [0.1, 0.15) is 5.60 Å². The highest BCUT2D eigenvalue weighted by Crippen LogP contribution is 2.24. The van der Waals surface area contributed by atoms with Gasteiger partial charge in [0.2, 0.25) is 0 Å². The van der Waals surface area contributed by atoms with Gasteiger partial charge in [-0.25, -0.2) is 4.98 Å². The number of nitrogens with one attached hydrogen (secondary N) is 1. The first kappa shape index (κ1) is 10.9. The molecule has 0 aromatic carbocycles. The number of hydrogen-bond acceptors (Lipinski definition) is 5. The molecule has 0 saturated carbocycles. The number of ether oxygens (including phenoxy) is 2. The van der Waals surface area contributed by atoms with Crippen LogP contribution in [0.5, 0.6) is 0 Å². The Bertz CT molecular complexity index is 321. The van der Waals surface area contributed by atoms with Crippen molar-refractivity contribution in [2.45, 2.75) is 18.9 Å². The van der Waals surface area contributed by atoms with Crippen LogP contribution in [0.2, 0.25) is 0 Å². The van der Waals surface area contributed by atoms with Crippen molar-refractivity contribution in [2.75, 3.05) is 32.2 Å². The van der Waals surface area contributed by atoms with Crippen LogP contribution in [0, 0.1) is 6.92 Å². The highest BCUT2D eigenvalue weighted by Gasteiger charge is 2.34.